The zero-order valence-electron chi connectivity index (χ0n) is 19.6. The lowest BCUT2D eigenvalue weighted by Crippen LogP contribution is -2.25. The number of aliphatic hydroxyl groups excluding tert-OH is 1. The number of carbonyl (C=O) groups is 1. The molecule has 1 amide bonds. The number of methoxy groups -OCH3 is 1. The fraction of sp³-hybridized carbons (Fsp3) is 0.231. The van der Waals surface area contributed by atoms with Gasteiger partial charge in [0, 0.05) is 45.9 Å². The molecule has 1 unspecified atom stereocenters. The number of aryl methyl sites for hydroxylation is 1. The number of fused-ring (bicyclic) bond motifs is 4. The Morgan fingerprint density at radius 1 is 1.21 bits per heavy atom. The quantitative estimate of drug-likeness (QED) is 0.300. The third kappa shape index (κ3) is 3.06. The van der Waals surface area contributed by atoms with Crippen molar-refractivity contribution in [3.63, 3.8) is 0 Å². The molecular formula is C26H25N5O3. The van der Waals surface area contributed by atoms with Gasteiger partial charge < -0.3 is 25.1 Å². The van der Waals surface area contributed by atoms with E-state index >= 15 is 0 Å². The van der Waals surface area contributed by atoms with E-state index in [1.165, 1.54) is 0 Å². The largest absolute Gasteiger partial charge is 0.512 e. The summed E-state index contributed by atoms with van der Waals surface area (Å²) >= 11 is 0. The molecule has 3 N–H and O–H groups in total. The Morgan fingerprint density at radius 3 is 2.62 bits per heavy atom. The second-order valence-electron chi connectivity index (χ2n) is 8.58. The molecule has 0 fully saturated rings. The molecule has 3 heterocycles. The number of likely N-dealkylation sites (N-methyl/N-ethyl adjacent to an activating group) is 1. The lowest BCUT2D eigenvalue weighted by atomic mass is 9.93. The molecule has 1 aliphatic heterocycles. The van der Waals surface area contributed by atoms with Crippen molar-refractivity contribution in [2.45, 2.75) is 26.7 Å². The maximum atomic E-state index is 13.4. The predicted molar refractivity (Wildman–Crippen MR) is 133 cm³/mol. The van der Waals surface area contributed by atoms with Crippen LogP contribution in [0.25, 0.3) is 27.5 Å². The minimum atomic E-state index is -0.547. The molecule has 2 aromatic heterocycles. The van der Waals surface area contributed by atoms with Gasteiger partial charge in [-0.1, -0.05) is 18.2 Å². The van der Waals surface area contributed by atoms with Crippen LogP contribution in [0.5, 0.6) is 5.75 Å². The highest BCUT2D eigenvalue weighted by molar-refractivity contribution is 6.23. The van der Waals surface area contributed by atoms with E-state index < -0.39 is 5.92 Å². The number of para-hydroxylation sites is 1. The summed E-state index contributed by atoms with van der Waals surface area (Å²) in [5.41, 5.74) is 5.02. The average molecular weight is 456 g/mol. The molecule has 0 saturated carbocycles. The first-order valence-corrected chi connectivity index (χ1v) is 10.9. The molecule has 8 nitrogen and oxygen atoms in total. The van der Waals surface area contributed by atoms with Crippen LogP contribution in [0.2, 0.25) is 0 Å². The molecule has 172 valence electrons. The molecule has 0 saturated heterocycles. The summed E-state index contributed by atoms with van der Waals surface area (Å²) in [4.78, 5) is 27.8. The van der Waals surface area contributed by atoms with Gasteiger partial charge in [0.05, 0.1) is 18.6 Å². The average Bonchev–Trinajstić information content (AvgIpc) is 3.26. The summed E-state index contributed by atoms with van der Waals surface area (Å²) in [6.45, 7) is 4.98. The maximum Gasteiger partial charge on any atom is 0.240 e. The maximum absolute atomic E-state index is 13.4. The molecule has 0 radical (unpaired) electrons. The number of hydrogen-bond donors (Lipinski definition) is 3. The van der Waals surface area contributed by atoms with Crippen molar-refractivity contribution >= 4 is 44.8 Å². The number of benzene rings is 2. The first-order chi connectivity index (χ1) is 16.2. The van der Waals surface area contributed by atoms with Crippen LogP contribution in [-0.2, 0) is 4.79 Å². The predicted octanol–water partition coefficient (Wildman–Crippen LogP) is 4.87. The Bertz CT molecular complexity index is 1550. The lowest BCUT2D eigenvalue weighted by Gasteiger charge is -2.14. The third-order valence-corrected chi connectivity index (χ3v) is 6.38. The number of nitrogens with zero attached hydrogens (tertiary/aromatic N) is 3. The molecule has 0 bridgehead atoms. The van der Waals surface area contributed by atoms with E-state index in [1.54, 1.807) is 32.9 Å². The minimum Gasteiger partial charge on any atom is -0.512 e. The summed E-state index contributed by atoms with van der Waals surface area (Å²) < 4.78 is 5.66. The Balaban J connectivity index is 1.84. The molecule has 34 heavy (non-hydrogen) atoms. The minimum absolute atomic E-state index is 0.0359. The summed E-state index contributed by atoms with van der Waals surface area (Å²) in [7, 11) is 3.33. The van der Waals surface area contributed by atoms with E-state index in [0.717, 1.165) is 27.5 Å². The summed E-state index contributed by atoms with van der Waals surface area (Å²) in [5.74, 6) is 0.510. The van der Waals surface area contributed by atoms with Crippen molar-refractivity contribution in [3.8, 4) is 5.75 Å². The number of hydrogen-bond acceptors (Lipinski definition) is 6. The van der Waals surface area contributed by atoms with Gasteiger partial charge in [-0.2, -0.15) is 0 Å². The van der Waals surface area contributed by atoms with Crippen molar-refractivity contribution in [3.05, 3.63) is 64.8 Å². The number of aromatic amines is 1. The van der Waals surface area contributed by atoms with Crippen LogP contribution in [0, 0.1) is 12.3 Å². The highest BCUT2D eigenvalue weighted by Crippen LogP contribution is 2.44. The van der Waals surface area contributed by atoms with Gasteiger partial charge in [0.15, 0.2) is 0 Å². The molecule has 1 aliphatic rings. The van der Waals surface area contributed by atoms with Gasteiger partial charge in [-0.25, -0.2) is 9.97 Å². The van der Waals surface area contributed by atoms with E-state index in [0.29, 0.717) is 34.1 Å². The number of rotatable bonds is 4. The first kappa shape index (κ1) is 21.6. The Hall–Kier alpha value is -4.20. The molecule has 2 aromatic carbocycles. The monoisotopic (exact) mass is 455 g/mol. The van der Waals surface area contributed by atoms with Crippen LogP contribution in [0.4, 0.5) is 5.69 Å². The van der Waals surface area contributed by atoms with Gasteiger partial charge in [0.1, 0.15) is 23.1 Å². The highest BCUT2D eigenvalue weighted by atomic mass is 16.5. The zero-order valence-corrected chi connectivity index (χ0v) is 19.6. The second kappa shape index (κ2) is 7.69. The van der Waals surface area contributed by atoms with Gasteiger partial charge in [0.25, 0.3) is 0 Å². The number of H-pyrrole nitrogens is 1. The molecule has 8 heteroatoms. The second-order valence-corrected chi connectivity index (χ2v) is 8.58. The number of anilines is 1. The van der Waals surface area contributed by atoms with Crippen LogP contribution in [-0.4, -0.2) is 45.8 Å². The van der Waals surface area contributed by atoms with Crippen molar-refractivity contribution in [1.29, 1.82) is 5.41 Å². The van der Waals surface area contributed by atoms with Crippen molar-refractivity contribution < 1.29 is 14.6 Å². The highest BCUT2D eigenvalue weighted by Gasteiger charge is 2.38. The van der Waals surface area contributed by atoms with Crippen LogP contribution in [0.1, 0.15) is 42.4 Å². The van der Waals surface area contributed by atoms with Crippen molar-refractivity contribution in [2.75, 3.05) is 19.1 Å². The normalized spacial score (nSPS) is 16.2. The molecule has 4 aromatic rings. The van der Waals surface area contributed by atoms with Crippen LogP contribution in [0.15, 0.2) is 42.2 Å². The smallest absolute Gasteiger partial charge is 0.240 e. The van der Waals surface area contributed by atoms with E-state index in [-0.39, 0.29) is 17.4 Å². The number of allylic oxidation sites excluding steroid dienone is 2. The van der Waals surface area contributed by atoms with Crippen molar-refractivity contribution in [1.82, 2.24) is 15.0 Å². The van der Waals surface area contributed by atoms with Crippen LogP contribution in [0.3, 0.4) is 0 Å². The molecule has 0 spiro atoms. The van der Waals surface area contributed by atoms with E-state index in [2.05, 4.69) is 9.97 Å². The van der Waals surface area contributed by atoms with Gasteiger partial charge in [-0.3, -0.25) is 4.79 Å². The van der Waals surface area contributed by atoms with Crippen LogP contribution >= 0.6 is 0 Å². The number of carbonyl (C=O) groups excluding carboxylic acids is 1. The third-order valence-electron chi connectivity index (χ3n) is 6.38. The van der Waals surface area contributed by atoms with Gasteiger partial charge in [-0.05, 0) is 44.5 Å². The number of aromatic nitrogens is 3. The van der Waals surface area contributed by atoms with E-state index in [9.17, 15) is 9.90 Å². The topological polar surface area (TPSA) is 115 Å². The number of aliphatic hydroxyl groups is 1. The fourth-order valence-electron chi connectivity index (χ4n) is 4.96. The Labute approximate surface area is 196 Å². The summed E-state index contributed by atoms with van der Waals surface area (Å²) in [6, 6.07) is 11.5. The number of nitrogens with one attached hydrogen (secondary N) is 2. The van der Waals surface area contributed by atoms with E-state index in [4.69, 9.17) is 15.1 Å². The number of ether oxygens (including phenoxy) is 1. The van der Waals surface area contributed by atoms with Gasteiger partial charge >= 0.3 is 0 Å². The SMILES string of the molecule is COc1cc2c(cc1/C(C(C)=N)=C(\C)O)[nH]c1nc(C)nc(C3C(=O)N(C)c4ccccc43)c12. The molecule has 5 rings (SSSR count). The summed E-state index contributed by atoms with van der Waals surface area (Å²) in [6.07, 6.45) is 0. The van der Waals surface area contributed by atoms with Gasteiger partial charge in [0.2, 0.25) is 5.91 Å². The zero-order chi connectivity index (χ0) is 24.3. The molecule has 0 aliphatic carbocycles. The Morgan fingerprint density at radius 2 is 1.94 bits per heavy atom. The Kier molecular flexibility index (Phi) is 4.89. The molecule has 1 atom stereocenters. The van der Waals surface area contributed by atoms with Crippen LogP contribution < -0.4 is 9.64 Å². The first-order valence-electron chi connectivity index (χ1n) is 10.9. The van der Waals surface area contributed by atoms with Gasteiger partial charge in [-0.15, -0.1) is 0 Å². The van der Waals surface area contributed by atoms with E-state index in [1.807, 2.05) is 43.3 Å². The standard InChI is InChI=1S/C26H25N5O3/c1-12(27)21(13(2)32)17-10-18-16(11-20(17)34-5)22-24(28-14(3)29-25(22)30-18)23-15-8-6-7-9-19(15)31(4)26(23)33/h6-11,23,27,32H,1-5H3,(H,28,29,30)/b21-13+,27-12?. The number of amides is 1. The summed E-state index contributed by atoms with van der Waals surface area (Å²) in [5, 5.41) is 20.0. The van der Waals surface area contributed by atoms with Crippen molar-refractivity contribution in [2.24, 2.45) is 0 Å². The fourth-order valence-corrected chi connectivity index (χ4v) is 4.96. The molecular weight excluding hydrogens is 430 g/mol. The lowest BCUT2D eigenvalue weighted by molar-refractivity contribution is -0.118.